The third-order valence-electron chi connectivity index (χ3n) is 2.41. The molecule has 1 aromatic carbocycles. The molecular formula is C13H18N2O4S2. The zero-order valence-electron chi connectivity index (χ0n) is 11.8. The molecule has 1 unspecified atom stereocenters. The van der Waals surface area contributed by atoms with Crippen LogP contribution in [0.3, 0.4) is 0 Å². The average molecular weight is 330 g/mol. The summed E-state index contributed by atoms with van der Waals surface area (Å²) in [5.74, 6) is 5.01. The smallest absolute Gasteiger partial charge is 0.242 e. The number of hydrogen-bond donors (Lipinski definition) is 2. The summed E-state index contributed by atoms with van der Waals surface area (Å²) in [7, 11) is -7.12. The van der Waals surface area contributed by atoms with Crippen molar-refractivity contribution in [3.8, 4) is 11.8 Å². The lowest BCUT2D eigenvalue weighted by Gasteiger charge is -2.14. The van der Waals surface area contributed by atoms with Gasteiger partial charge in [0, 0.05) is 17.9 Å². The second-order valence-electron chi connectivity index (χ2n) is 4.62. The van der Waals surface area contributed by atoms with Crippen molar-refractivity contribution in [2.45, 2.75) is 17.9 Å². The molecule has 3 N–H and O–H groups in total. The van der Waals surface area contributed by atoms with E-state index in [1.54, 1.807) is 18.2 Å². The summed E-state index contributed by atoms with van der Waals surface area (Å²) in [6.45, 7) is 1.61. The minimum atomic E-state index is -3.85. The topological polar surface area (TPSA) is 106 Å². The van der Waals surface area contributed by atoms with E-state index in [-0.39, 0.29) is 17.2 Å². The van der Waals surface area contributed by atoms with Crippen molar-refractivity contribution in [3.63, 3.8) is 0 Å². The van der Waals surface area contributed by atoms with E-state index in [2.05, 4.69) is 16.6 Å². The summed E-state index contributed by atoms with van der Waals surface area (Å²) in [6, 6.07) is 5.48. The van der Waals surface area contributed by atoms with Crippen molar-refractivity contribution >= 4 is 19.9 Å². The van der Waals surface area contributed by atoms with E-state index in [0.29, 0.717) is 5.56 Å². The second-order valence-corrected chi connectivity index (χ2v) is 8.48. The molecule has 0 aliphatic carbocycles. The minimum Gasteiger partial charge on any atom is -0.320 e. The van der Waals surface area contributed by atoms with Crippen molar-refractivity contribution < 1.29 is 16.8 Å². The fourth-order valence-corrected chi connectivity index (χ4v) is 4.27. The van der Waals surface area contributed by atoms with Gasteiger partial charge in [0.05, 0.1) is 17.2 Å². The Labute approximate surface area is 125 Å². The van der Waals surface area contributed by atoms with Crippen molar-refractivity contribution in [1.82, 2.24) is 4.72 Å². The Morgan fingerprint density at radius 3 is 2.43 bits per heavy atom. The van der Waals surface area contributed by atoms with Gasteiger partial charge in [-0.2, -0.15) is 0 Å². The van der Waals surface area contributed by atoms with Crippen LogP contribution in [0.4, 0.5) is 0 Å². The maximum Gasteiger partial charge on any atom is 0.242 e. The van der Waals surface area contributed by atoms with Gasteiger partial charge in [-0.25, -0.2) is 21.6 Å². The molecule has 0 saturated carbocycles. The van der Waals surface area contributed by atoms with Crippen LogP contribution in [-0.4, -0.2) is 41.4 Å². The first kappa shape index (κ1) is 17.7. The van der Waals surface area contributed by atoms with Gasteiger partial charge in [-0.15, -0.1) is 0 Å². The highest BCUT2D eigenvalue weighted by Crippen LogP contribution is 2.14. The summed E-state index contributed by atoms with van der Waals surface area (Å²) in [5.41, 5.74) is 5.60. The number of sulfonamides is 1. The zero-order chi connectivity index (χ0) is 16.1. The Morgan fingerprint density at radius 1 is 1.24 bits per heavy atom. The molecule has 116 valence electrons. The standard InChI is InChI=1S/C13H18N2O4S2/c1-11(10-20(2,16)17)15-21(18,19)13-8-4-3-6-12(13)7-5-9-14/h3-4,6,8,11,15H,9-10,14H2,1-2H3. The Hall–Kier alpha value is -1.40. The summed E-state index contributed by atoms with van der Waals surface area (Å²) >= 11 is 0. The maximum atomic E-state index is 12.3. The van der Waals surface area contributed by atoms with Crippen LogP contribution in [0.15, 0.2) is 29.2 Å². The molecule has 21 heavy (non-hydrogen) atoms. The van der Waals surface area contributed by atoms with Crippen LogP contribution in [-0.2, 0) is 19.9 Å². The van der Waals surface area contributed by atoms with E-state index >= 15 is 0 Å². The summed E-state index contributed by atoms with van der Waals surface area (Å²) in [5, 5.41) is 0. The van der Waals surface area contributed by atoms with E-state index < -0.39 is 25.9 Å². The molecule has 6 nitrogen and oxygen atoms in total. The Kier molecular flexibility index (Phi) is 5.92. The van der Waals surface area contributed by atoms with Crippen molar-refractivity contribution in [1.29, 1.82) is 0 Å². The second kappa shape index (κ2) is 7.04. The first-order valence-electron chi connectivity index (χ1n) is 6.14. The number of rotatable bonds is 5. The van der Waals surface area contributed by atoms with Crippen LogP contribution < -0.4 is 10.5 Å². The van der Waals surface area contributed by atoms with Crippen LogP contribution in [0.5, 0.6) is 0 Å². The molecular weight excluding hydrogens is 312 g/mol. The summed E-state index contributed by atoms with van der Waals surface area (Å²) in [4.78, 5) is 0.00583. The highest BCUT2D eigenvalue weighted by molar-refractivity contribution is 7.91. The minimum absolute atomic E-state index is 0.00583. The van der Waals surface area contributed by atoms with Gasteiger partial charge in [0.2, 0.25) is 10.0 Å². The number of nitrogens with two attached hydrogens (primary N) is 1. The SMILES string of the molecule is CC(CS(C)(=O)=O)NS(=O)(=O)c1ccccc1C#CCN. The van der Waals surface area contributed by atoms with Crippen LogP contribution in [0.1, 0.15) is 12.5 Å². The summed E-state index contributed by atoms with van der Waals surface area (Å²) < 4.78 is 49.4. The number of sulfone groups is 1. The molecule has 0 bridgehead atoms. The molecule has 0 saturated heterocycles. The molecule has 1 rings (SSSR count). The quantitative estimate of drug-likeness (QED) is 0.722. The number of benzene rings is 1. The van der Waals surface area contributed by atoms with Gasteiger partial charge in [-0.3, -0.25) is 0 Å². The molecule has 0 fully saturated rings. The fraction of sp³-hybridized carbons (Fsp3) is 0.385. The van der Waals surface area contributed by atoms with Gasteiger partial charge in [0.1, 0.15) is 9.84 Å². The van der Waals surface area contributed by atoms with Crippen molar-refractivity contribution in [2.75, 3.05) is 18.6 Å². The lowest BCUT2D eigenvalue weighted by molar-refractivity contribution is 0.564. The van der Waals surface area contributed by atoms with Crippen molar-refractivity contribution in [2.24, 2.45) is 5.73 Å². The highest BCUT2D eigenvalue weighted by Gasteiger charge is 2.22. The predicted octanol–water partition coefficient (Wildman–Crippen LogP) is -0.292. The Morgan fingerprint density at radius 2 is 1.86 bits per heavy atom. The van der Waals surface area contributed by atoms with Crippen LogP contribution in [0, 0.1) is 11.8 Å². The van der Waals surface area contributed by atoms with Gasteiger partial charge >= 0.3 is 0 Å². The third kappa shape index (κ3) is 5.85. The molecule has 1 atom stereocenters. The largest absolute Gasteiger partial charge is 0.320 e. The van der Waals surface area contributed by atoms with Gasteiger partial charge in [-0.1, -0.05) is 24.0 Å². The lowest BCUT2D eigenvalue weighted by Crippen LogP contribution is -2.37. The number of nitrogens with one attached hydrogen (secondary N) is 1. The Balaban J connectivity index is 3.09. The normalized spacial score (nSPS) is 13.3. The lowest BCUT2D eigenvalue weighted by atomic mass is 10.2. The molecule has 1 aromatic rings. The van der Waals surface area contributed by atoms with E-state index in [0.717, 1.165) is 6.26 Å². The van der Waals surface area contributed by atoms with E-state index in [1.165, 1.54) is 13.0 Å². The van der Waals surface area contributed by atoms with Gasteiger partial charge in [0.15, 0.2) is 0 Å². The van der Waals surface area contributed by atoms with E-state index in [1.807, 2.05) is 0 Å². The van der Waals surface area contributed by atoms with Crippen molar-refractivity contribution in [3.05, 3.63) is 29.8 Å². The third-order valence-corrected chi connectivity index (χ3v) is 5.16. The predicted molar refractivity (Wildman–Crippen MR) is 81.9 cm³/mol. The van der Waals surface area contributed by atoms with Crippen LogP contribution >= 0.6 is 0 Å². The molecule has 8 heteroatoms. The fourth-order valence-electron chi connectivity index (χ4n) is 1.77. The molecule has 0 radical (unpaired) electrons. The number of hydrogen-bond acceptors (Lipinski definition) is 5. The molecule has 0 heterocycles. The zero-order valence-corrected chi connectivity index (χ0v) is 13.5. The first-order valence-corrected chi connectivity index (χ1v) is 9.68. The van der Waals surface area contributed by atoms with E-state index in [4.69, 9.17) is 5.73 Å². The van der Waals surface area contributed by atoms with Crippen LogP contribution in [0.2, 0.25) is 0 Å². The van der Waals surface area contributed by atoms with Gasteiger partial charge < -0.3 is 5.73 Å². The van der Waals surface area contributed by atoms with Gasteiger partial charge in [-0.05, 0) is 19.1 Å². The van der Waals surface area contributed by atoms with Gasteiger partial charge in [0.25, 0.3) is 0 Å². The molecule has 0 amide bonds. The molecule has 0 aromatic heterocycles. The molecule has 0 spiro atoms. The summed E-state index contributed by atoms with van der Waals surface area (Å²) in [6.07, 6.45) is 1.05. The average Bonchev–Trinajstić information content (AvgIpc) is 2.33. The molecule has 0 aliphatic rings. The molecule has 0 aliphatic heterocycles. The van der Waals surface area contributed by atoms with E-state index in [9.17, 15) is 16.8 Å². The maximum absolute atomic E-state index is 12.3. The Bertz CT molecular complexity index is 759. The first-order chi connectivity index (χ1) is 9.65. The monoisotopic (exact) mass is 330 g/mol. The van der Waals surface area contributed by atoms with Crippen LogP contribution in [0.25, 0.3) is 0 Å². The highest BCUT2D eigenvalue weighted by atomic mass is 32.2.